The molecular weight excluding hydrogens is 262 g/mol. The first-order chi connectivity index (χ1) is 10.3. The Hall–Kier alpha value is -1.39. The molecule has 2 fully saturated rings. The highest BCUT2D eigenvalue weighted by Crippen LogP contribution is 2.26. The van der Waals surface area contributed by atoms with Crippen LogP contribution in [0.1, 0.15) is 52.4 Å². The third-order valence-electron chi connectivity index (χ3n) is 4.87. The summed E-state index contributed by atoms with van der Waals surface area (Å²) in [4.78, 5) is 9.57. The van der Waals surface area contributed by atoms with Gasteiger partial charge in [0.2, 0.25) is 5.95 Å². The second-order valence-corrected chi connectivity index (χ2v) is 6.56. The molecule has 2 unspecified atom stereocenters. The largest absolute Gasteiger partial charge is 0.355 e. The molecule has 0 radical (unpaired) electrons. The molecule has 0 saturated carbocycles. The van der Waals surface area contributed by atoms with E-state index < -0.39 is 0 Å². The number of rotatable bonds is 3. The molecule has 0 aromatic carbocycles. The fourth-order valence-electron chi connectivity index (χ4n) is 3.65. The number of anilines is 2. The monoisotopic (exact) mass is 289 g/mol. The van der Waals surface area contributed by atoms with Crippen molar-refractivity contribution in [3.8, 4) is 0 Å². The topological polar surface area (TPSA) is 45.2 Å². The van der Waals surface area contributed by atoms with Gasteiger partial charge in [0, 0.05) is 25.7 Å². The van der Waals surface area contributed by atoms with E-state index in [-0.39, 0.29) is 0 Å². The zero-order valence-electron chi connectivity index (χ0n) is 13.3. The first-order valence-corrected chi connectivity index (χ1v) is 8.49. The fourth-order valence-corrected chi connectivity index (χ4v) is 3.65. The van der Waals surface area contributed by atoms with E-state index in [1.807, 2.05) is 6.20 Å². The Morgan fingerprint density at radius 2 is 2.10 bits per heavy atom. The Morgan fingerprint density at radius 3 is 2.90 bits per heavy atom. The van der Waals surface area contributed by atoms with Crippen molar-refractivity contribution in [1.82, 2.24) is 15.2 Å². The third-order valence-corrected chi connectivity index (χ3v) is 4.87. The minimum Gasteiger partial charge on any atom is -0.355 e. The first-order valence-electron chi connectivity index (χ1n) is 8.49. The van der Waals surface area contributed by atoms with Crippen molar-refractivity contribution in [2.75, 3.05) is 29.4 Å². The summed E-state index contributed by atoms with van der Waals surface area (Å²) in [6.07, 6.45) is 9.38. The highest BCUT2D eigenvalue weighted by Gasteiger charge is 2.25. The molecular formula is C16H27N5. The van der Waals surface area contributed by atoms with E-state index in [4.69, 9.17) is 4.98 Å². The summed E-state index contributed by atoms with van der Waals surface area (Å²) in [5.74, 6) is 2.58. The Kier molecular flexibility index (Phi) is 4.56. The van der Waals surface area contributed by atoms with Crippen LogP contribution in [0.2, 0.25) is 0 Å². The minimum atomic E-state index is 0.580. The summed E-state index contributed by atoms with van der Waals surface area (Å²) >= 11 is 0. The van der Waals surface area contributed by atoms with E-state index in [1.165, 1.54) is 32.1 Å². The van der Waals surface area contributed by atoms with Gasteiger partial charge in [0.1, 0.15) is 0 Å². The Balaban J connectivity index is 1.78. The predicted molar refractivity (Wildman–Crippen MR) is 85.7 cm³/mol. The zero-order valence-corrected chi connectivity index (χ0v) is 13.3. The average molecular weight is 289 g/mol. The van der Waals surface area contributed by atoms with Crippen LogP contribution in [-0.2, 0) is 0 Å². The maximum atomic E-state index is 4.83. The minimum absolute atomic E-state index is 0.580. The van der Waals surface area contributed by atoms with Crippen LogP contribution in [0.3, 0.4) is 0 Å². The van der Waals surface area contributed by atoms with Crippen LogP contribution in [0, 0.1) is 5.92 Å². The molecule has 1 aromatic heterocycles. The number of aromatic nitrogens is 3. The summed E-state index contributed by atoms with van der Waals surface area (Å²) in [6, 6.07) is 0.580. The van der Waals surface area contributed by atoms with E-state index in [2.05, 4.69) is 33.8 Å². The van der Waals surface area contributed by atoms with Gasteiger partial charge < -0.3 is 9.80 Å². The Labute approximate surface area is 127 Å². The molecule has 0 aliphatic carbocycles. The number of hydrogen-bond donors (Lipinski definition) is 0. The van der Waals surface area contributed by atoms with Gasteiger partial charge in [0.15, 0.2) is 5.82 Å². The zero-order chi connectivity index (χ0) is 14.7. The highest BCUT2D eigenvalue weighted by atomic mass is 15.4. The van der Waals surface area contributed by atoms with Crippen molar-refractivity contribution in [1.29, 1.82) is 0 Å². The van der Waals surface area contributed by atoms with E-state index in [9.17, 15) is 0 Å². The standard InChI is InChI=1S/C16H27N5/c1-3-14-8-4-5-10-21(14)16-18-15(11-17-19-16)20-9-6-7-13(2)12-20/h11,13-14H,3-10,12H2,1-2H3. The van der Waals surface area contributed by atoms with Crippen LogP contribution in [0.15, 0.2) is 6.20 Å². The molecule has 5 nitrogen and oxygen atoms in total. The molecule has 3 heterocycles. The SMILES string of the molecule is CCC1CCCCN1c1nncc(N2CCCC(C)C2)n1. The van der Waals surface area contributed by atoms with Crippen molar-refractivity contribution in [3.63, 3.8) is 0 Å². The summed E-state index contributed by atoms with van der Waals surface area (Å²) in [5.41, 5.74) is 0. The molecule has 0 spiro atoms. The maximum absolute atomic E-state index is 4.83. The lowest BCUT2D eigenvalue weighted by atomic mass is 10.0. The lowest BCUT2D eigenvalue weighted by molar-refractivity contribution is 0.435. The van der Waals surface area contributed by atoms with Crippen molar-refractivity contribution in [2.24, 2.45) is 5.92 Å². The van der Waals surface area contributed by atoms with Crippen LogP contribution in [0.25, 0.3) is 0 Å². The van der Waals surface area contributed by atoms with E-state index in [0.29, 0.717) is 6.04 Å². The van der Waals surface area contributed by atoms with E-state index >= 15 is 0 Å². The fraction of sp³-hybridized carbons (Fsp3) is 0.812. The molecule has 0 amide bonds. The van der Waals surface area contributed by atoms with Gasteiger partial charge >= 0.3 is 0 Å². The Bertz CT molecular complexity index is 464. The van der Waals surface area contributed by atoms with Crippen molar-refractivity contribution in [2.45, 2.75) is 58.4 Å². The quantitative estimate of drug-likeness (QED) is 0.856. The lowest BCUT2D eigenvalue weighted by Gasteiger charge is -2.36. The van der Waals surface area contributed by atoms with Gasteiger partial charge in [-0.25, -0.2) is 0 Å². The van der Waals surface area contributed by atoms with Crippen LogP contribution in [-0.4, -0.2) is 40.9 Å². The molecule has 116 valence electrons. The van der Waals surface area contributed by atoms with Crippen molar-refractivity contribution < 1.29 is 0 Å². The van der Waals surface area contributed by atoms with Crippen LogP contribution in [0.5, 0.6) is 0 Å². The molecule has 0 bridgehead atoms. The summed E-state index contributed by atoms with van der Waals surface area (Å²) in [6.45, 7) is 7.83. The van der Waals surface area contributed by atoms with Crippen LogP contribution < -0.4 is 9.80 Å². The second-order valence-electron chi connectivity index (χ2n) is 6.56. The number of hydrogen-bond acceptors (Lipinski definition) is 5. The summed E-state index contributed by atoms with van der Waals surface area (Å²) < 4.78 is 0. The third kappa shape index (κ3) is 3.27. The molecule has 21 heavy (non-hydrogen) atoms. The van der Waals surface area contributed by atoms with Gasteiger partial charge in [-0.2, -0.15) is 10.1 Å². The molecule has 0 N–H and O–H groups in total. The van der Waals surface area contributed by atoms with Gasteiger partial charge in [-0.05, 0) is 44.4 Å². The van der Waals surface area contributed by atoms with Crippen LogP contribution >= 0.6 is 0 Å². The van der Waals surface area contributed by atoms with Gasteiger partial charge in [-0.15, -0.1) is 5.10 Å². The maximum Gasteiger partial charge on any atom is 0.247 e. The lowest BCUT2D eigenvalue weighted by Crippen LogP contribution is -2.41. The number of piperidine rings is 2. The molecule has 3 rings (SSSR count). The molecule has 5 heteroatoms. The van der Waals surface area contributed by atoms with Gasteiger partial charge in [-0.1, -0.05) is 13.8 Å². The molecule has 1 aromatic rings. The molecule has 2 saturated heterocycles. The smallest absolute Gasteiger partial charge is 0.247 e. The summed E-state index contributed by atoms with van der Waals surface area (Å²) in [7, 11) is 0. The Morgan fingerprint density at radius 1 is 1.19 bits per heavy atom. The molecule has 2 aliphatic heterocycles. The number of nitrogens with zero attached hydrogens (tertiary/aromatic N) is 5. The van der Waals surface area contributed by atoms with Gasteiger partial charge in [0.05, 0.1) is 6.20 Å². The highest BCUT2D eigenvalue weighted by molar-refractivity contribution is 5.42. The van der Waals surface area contributed by atoms with E-state index in [1.54, 1.807) is 0 Å². The van der Waals surface area contributed by atoms with E-state index in [0.717, 1.165) is 43.7 Å². The average Bonchev–Trinajstić information content (AvgIpc) is 2.55. The van der Waals surface area contributed by atoms with Gasteiger partial charge in [0.25, 0.3) is 0 Å². The first kappa shape index (κ1) is 14.5. The predicted octanol–water partition coefficient (Wildman–Crippen LogP) is 2.88. The molecule has 2 aliphatic rings. The normalized spacial score (nSPS) is 27.0. The van der Waals surface area contributed by atoms with Crippen molar-refractivity contribution in [3.05, 3.63) is 6.20 Å². The molecule has 2 atom stereocenters. The second kappa shape index (κ2) is 6.58. The van der Waals surface area contributed by atoms with Crippen molar-refractivity contribution >= 4 is 11.8 Å². The van der Waals surface area contributed by atoms with Crippen LogP contribution in [0.4, 0.5) is 11.8 Å². The van der Waals surface area contributed by atoms with Gasteiger partial charge in [-0.3, -0.25) is 0 Å². The summed E-state index contributed by atoms with van der Waals surface area (Å²) in [5, 5.41) is 8.55.